The molecule has 0 bridgehead atoms. The Kier molecular flexibility index (Phi) is 9.59. The van der Waals surface area contributed by atoms with E-state index in [1.165, 1.54) is 0 Å². The molecule has 2 rings (SSSR count). The molecule has 0 aromatic carbocycles. The fourth-order valence-electron chi connectivity index (χ4n) is 1.20. The van der Waals surface area contributed by atoms with Crippen LogP contribution in [0.5, 0.6) is 0 Å². The zero-order valence-electron chi connectivity index (χ0n) is 13.9. The van der Waals surface area contributed by atoms with Crippen molar-refractivity contribution in [2.24, 2.45) is 0 Å². The molecular weight excluding hydrogens is 399 g/mol. The fraction of sp³-hybridized carbons (Fsp3) is 1.00. The maximum absolute atomic E-state index is 5.62. The normalized spacial score (nSPS) is 20.1. The highest BCUT2D eigenvalue weighted by molar-refractivity contribution is 7.51. The molecule has 0 aromatic rings. The molecule has 0 spiro atoms. The molecule has 14 heteroatoms. The molecule has 0 amide bonds. The van der Waals surface area contributed by atoms with Gasteiger partial charge < -0.3 is 35.0 Å². The SMILES string of the molecule is CC(C)OP1[O][Al]([O]P(OC(C)C)[O][Al]2[O]P(OC(C)C)[O]2)[O]1. The third-order valence-electron chi connectivity index (χ3n) is 1.92. The summed E-state index contributed by atoms with van der Waals surface area (Å²) in [7, 11) is -4.21. The number of rotatable bonds is 10. The van der Waals surface area contributed by atoms with Crippen molar-refractivity contribution in [3.8, 4) is 0 Å². The van der Waals surface area contributed by atoms with Crippen molar-refractivity contribution in [2.75, 3.05) is 0 Å². The van der Waals surface area contributed by atoms with Crippen molar-refractivity contribution in [2.45, 2.75) is 59.9 Å². The lowest BCUT2D eigenvalue weighted by atomic mass is 10.5. The second-order valence-electron chi connectivity index (χ2n) is 5.34. The van der Waals surface area contributed by atoms with Gasteiger partial charge in [0.2, 0.25) is 0 Å². The van der Waals surface area contributed by atoms with Crippen LogP contribution in [-0.2, 0) is 35.0 Å². The van der Waals surface area contributed by atoms with Crippen LogP contribution in [0.25, 0.3) is 0 Å². The Morgan fingerprint density at radius 3 is 1.39 bits per heavy atom. The molecular formula is C9H21Al2O9P3. The van der Waals surface area contributed by atoms with Crippen molar-refractivity contribution < 1.29 is 35.0 Å². The average molecular weight is 420 g/mol. The Labute approximate surface area is 150 Å². The molecule has 132 valence electrons. The van der Waals surface area contributed by atoms with Crippen LogP contribution in [0.15, 0.2) is 0 Å². The summed E-state index contributed by atoms with van der Waals surface area (Å²) < 4.78 is 49.5. The first kappa shape index (κ1) is 21.3. The molecule has 2 heterocycles. The first-order chi connectivity index (χ1) is 10.8. The molecule has 2 aliphatic heterocycles. The molecule has 0 atom stereocenters. The number of hydrogen-bond acceptors (Lipinski definition) is 9. The largest absolute Gasteiger partial charge is 0.924 e. The van der Waals surface area contributed by atoms with Gasteiger partial charge in [-0.15, -0.1) is 0 Å². The van der Waals surface area contributed by atoms with Crippen LogP contribution in [0.4, 0.5) is 0 Å². The summed E-state index contributed by atoms with van der Waals surface area (Å²) in [4.78, 5) is 0. The summed E-state index contributed by atoms with van der Waals surface area (Å²) in [5, 5.41) is 0. The summed E-state index contributed by atoms with van der Waals surface area (Å²) in [6, 6.07) is 0. The van der Waals surface area contributed by atoms with Crippen molar-refractivity contribution >= 4 is 56.1 Å². The summed E-state index contributed by atoms with van der Waals surface area (Å²) in [6.45, 7) is 11.4. The van der Waals surface area contributed by atoms with Gasteiger partial charge in [0, 0.05) is 0 Å². The van der Waals surface area contributed by atoms with Crippen molar-refractivity contribution in [3.05, 3.63) is 0 Å². The maximum atomic E-state index is 5.62. The van der Waals surface area contributed by atoms with Crippen LogP contribution in [-0.4, -0.2) is 48.6 Å². The van der Waals surface area contributed by atoms with E-state index in [9.17, 15) is 0 Å². The Bertz CT molecular complexity index is 327. The minimum absolute atomic E-state index is 0.0464. The van der Waals surface area contributed by atoms with E-state index >= 15 is 0 Å². The van der Waals surface area contributed by atoms with Crippen molar-refractivity contribution in [1.29, 1.82) is 0 Å². The molecule has 2 saturated heterocycles. The predicted octanol–water partition coefficient (Wildman–Crippen LogP) is 4.04. The molecule has 23 heavy (non-hydrogen) atoms. The highest BCUT2D eigenvalue weighted by Crippen LogP contribution is 2.58. The van der Waals surface area contributed by atoms with E-state index in [4.69, 9.17) is 35.0 Å². The molecule has 0 saturated carbocycles. The predicted molar refractivity (Wildman–Crippen MR) is 87.4 cm³/mol. The van der Waals surface area contributed by atoms with Crippen molar-refractivity contribution in [3.63, 3.8) is 0 Å². The quantitative estimate of drug-likeness (QED) is 0.384. The Morgan fingerprint density at radius 2 is 1.09 bits per heavy atom. The van der Waals surface area contributed by atoms with E-state index in [-0.39, 0.29) is 18.3 Å². The highest BCUT2D eigenvalue weighted by atomic mass is 31.2. The van der Waals surface area contributed by atoms with Crippen LogP contribution >= 0.6 is 25.8 Å². The van der Waals surface area contributed by atoms with Gasteiger partial charge in [0.15, 0.2) is 0 Å². The third-order valence-corrected chi connectivity index (χ3v) is 12.0. The van der Waals surface area contributed by atoms with E-state index in [2.05, 4.69) is 0 Å². The lowest BCUT2D eigenvalue weighted by molar-refractivity contribution is 0.109. The van der Waals surface area contributed by atoms with E-state index in [1.54, 1.807) is 0 Å². The molecule has 0 radical (unpaired) electrons. The topological polar surface area (TPSA) is 83.1 Å². The van der Waals surface area contributed by atoms with Crippen molar-refractivity contribution in [1.82, 2.24) is 0 Å². The van der Waals surface area contributed by atoms with E-state index in [1.807, 2.05) is 41.5 Å². The lowest BCUT2D eigenvalue weighted by Crippen LogP contribution is -2.36. The lowest BCUT2D eigenvalue weighted by Gasteiger charge is -2.35. The average Bonchev–Trinajstić information content (AvgIpc) is 2.31. The molecule has 2 aliphatic rings. The van der Waals surface area contributed by atoms with Gasteiger partial charge in [-0.1, -0.05) is 0 Å². The monoisotopic (exact) mass is 420 g/mol. The molecule has 0 unspecified atom stereocenters. The summed E-state index contributed by atoms with van der Waals surface area (Å²) in [5.41, 5.74) is 0. The third kappa shape index (κ3) is 8.04. The molecule has 0 N–H and O–H groups in total. The van der Waals surface area contributed by atoms with Crippen LogP contribution in [0.2, 0.25) is 0 Å². The van der Waals surface area contributed by atoms with Gasteiger partial charge in [0.1, 0.15) is 0 Å². The van der Waals surface area contributed by atoms with Gasteiger partial charge in [-0.05, 0) is 41.5 Å². The van der Waals surface area contributed by atoms with E-state index in [0.717, 1.165) is 0 Å². The van der Waals surface area contributed by atoms with E-state index < -0.39 is 56.1 Å². The van der Waals surface area contributed by atoms with Gasteiger partial charge in [0.25, 0.3) is 25.8 Å². The standard InChI is InChI=1S/3C3H7O3P.2Al/c3*1-3(2)6-7(4)5;;/h3*3H,1-2H3;;/q3*-2;2*+3. The van der Waals surface area contributed by atoms with Gasteiger partial charge in [-0.2, -0.15) is 0 Å². The summed E-state index contributed by atoms with van der Waals surface area (Å²) in [5.74, 6) is 0. The second kappa shape index (κ2) is 10.4. The summed E-state index contributed by atoms with van der Waals surface area (Å²) >= 11 is -4.50. The minimum atomic E-state index is -2.25. The number of hydrogen-bond donors (Lipinski definition) is 0. The molecule has 0 aliphatic carbocycles. The first-order valence-electron chi connectivity index (χ1n) is 7.23. The maximum Gasteiger partial charge on any atom is 0.924 e. The van der Waals surface area contributed by atoms with Crippen LogP contribution in [0, 0.1) is 0 Å². The highest BCUT2D eigenvalue weighted by Gasteiger charge is 2.56. The van der Waals surface area contributed by atoms with Gasteiger partial charge in [0.05, 0.1) is 18.3 Å². The zero-order valence-corrected chi connectivity index (χ0v) is 18.9. The summed E-state index contributed by atoms with van der Waals surface area (Å²) in [6.07, 6.45) is 0.0290. The minimum Gasteiger partial charge on any atom is -0.390 e. The smallest absolute Gasteiger partial charge is 0.390 e. The second-order valence-corrected chi connectivity index (χ2v) is 13.5. The van der Waals surface area contributed by atoms with E-state index in [0.29, 0.717) is 0 Å². The Morgan fingerprint density at radius 1 is 0.696 bits per heavy atom. The van der Waals surface area contributed by atoms with Crippen LogP contribution in [0.3, 0.4) is 0 Å². The molecule has 0 aromatic heterocycles. The van der Waals surface area contributed by atoms with Crippen LogP contribution in [0.1, 0.15) is 41.5 Å². The fourth-order valence-corrected chi connectivity index (χ4v) is 9.58. The van der Waals surface area contributed by atoms with Gasteiger partial charge in [-0.25, -0.2) is 0 Å². The van der Waals surface area contributed by atoms with Crippen LogP contribution < -0.4 is 0 Å². The first-order valence-corrected chi connectivity index (χ1v) is 13.3. The molecule has 2 fully saturated rings. The zero-order chi connectivity index (χ0) is 17.0. The Balaban J connectivity index is 1.67. The van der Waals surface area contributed by atoms with Gasteiger partial charge in [-0.3, -0.25) is 0 Å². The van der Waals surface area contributed by atoms with Gasteiger partial charge >= 0.3 is 30.3 Å². The molecule has 9 nitrogen and oxygen atoms in total. The Hall–Kier alpha value is 1.99.